The van der Waals surface area contributed by atoms with Crippen LogP contribution in [-0.4, -0.2) is 66.3 Å². The first-order chi connectivity index (χ1) is 7.25. The van der Waals surface area contributed by atoms with Crippen LogP contribution in [0.5, 0.6) is 0 Å². The van der Waals surface area contributed by atoms with Crippen molar-refractivity contribution >= 4 is 11.9 Å². The van der Waals surface area contributed by atoms with E-state index in [1.54, 1.807) is 0 Å². The summed E-state index contributed by atoms with van der Waals surface area (Å²) in [6.07, 6.45) is -0.129. The molecule has 1 unspecified atom stereocenters. The SMILES string of the molecule is CN(C)C(CC(CC(=O)O)C(=O)O)N(C)C. The molecule has 0 aliphatic heterocycles. The van der Waals surface area contributed by atoms with Crippen LogP contribution in [0.25, 0.3) is 0 Å². The minimum Gasteiger partial charge on any atom is -0.481 e. The molecule has 0 heterocycles. The van der Waals surface area contributed by atoms with Crippen LogP contribution in [0.3, 0.4) is 0 Å². The number of aliphatic carboxylic acids is 2. The summed E-state index contributed by atoms with van der Waals surface area (Å²) in [5, 5.41) is 17.6. The van der Waals surface area contributed by atoms with E-state index >= 15 is 0 Å². The second-order valence-corrected chi connectivity index (χ2v) is 4.28. The second kappa shape index (κ2) is 6.44. The van der Waals surface area contributed by atoms with E-state index in [1.165, 1.54) is 0 Å². The summed E-state index contributed by atoms with van der Waals surface area (Å²) >= 11 is 0. The quantitative estimate of drug-likeness (QED) is 0.601. The van der Waals surface area contributed by atoms with E-state index in [9.17, 15) is 9.59 Å². The average molecular weight is 232 g/mol. The van der Waals surface area contributed by atoms with Gasteiger partial charge in [0.2, 0.25) is 0 Å². The van der Waals surface area contributed by atoms with E-state index in [0.717, 1.165) is 0 Å². The summed E-state index contributed by atoms with van der Waals surface area (Å²) in [4.78, 5) is 25.2. The first kappa shape index (κ1) is 14.9. The molecule has 0 radical (unpaired) electrons. The van der Waals surface area contributed by atoms with Crippen LogP contribution in [-0.2, 0) is 9.59 Å². The lowest BCUT2D eigenvalue weighted by atomic mass is 9.99. The molecule has 0 fully saturated rings. The van der Waals surface area contributed by atoms with Crippen molar-refractivity contribution in [2.45, 2.75) is 19.0 Å². The fraction of sp³-hybridized carbons (Fsp3) is 0.800. The third-order valence-electron chi connectivity index (χ3n) is 2.46. The highest BCUT2D eigenvalue weighted by Crippen LogP contribution is 2.16. The van der Waals surface area contributed by atoms with Crippen LogP contribution in [0.1, 0.15) is 12.8 Å². The summed E-state index contributed by atoms with van der Waals surface area (Å²) in [6.45, 7) is 0. The maximum Gasteiger partial charge on any atom is 0.307 e. The van der Waals surface area contributed by atoms with Crippen molar-refractivity contribution in [2.24, 2.45) is 5.92 Å². The molecule has 0 saturated carbocycles. The molecule has 0 aromatic carbocycles. The predicted molar refractivity (Wildman–Crippen MR) is 59.2 cm³/mol. The van der Waals surface area contributed by atoms with E-state index in [-0.39, 0.29) is 12.6 Å². The third-order valence-corrected chi connectivity index (χ3v) is 2.46. The van der Waals surface area contributed by atoms with Gasteiger partial charge < -0.3 is 10.2 Å². The van der Waals surface area contributed by atoms with Crippen LogP contribution in [0, 0.1) is 5.92 Å². The average Bonchev–Trinajstić information content (AvgIpc) is 2.09. The van der Waals surface area contributed by atoms with Gasteiger partial charge in [-0.1, -0.05) is 0 Å². The molecule has 1 atom stereocenters. The van der Waals surface area contributed by atoms with Gasteiger partial charge in [0.25, 0.3) is 0 Å². The Bertz CT molecular complexity index is 245. The van der Waals surface area contributed by atoms with Gasteiger partial charge in [-0.05, 0) is 34.6 Å². The van der Waals surface area contributed by atoms with Crippen LogP contribution < -0.4 is 0 Å². The zero-order valence-electron chi connectivity index (χ0n) is 10.2. The summed E-state index contributed by atoms with van der Waals surface area (Å²) < 4.78 is 0. The molecular formula is C10H20N2O4. The van der Waals surface area contributed by atoms with E-state index < -0.39 is 17.9 Å². The van der Waals surface area contributed by atoms with Crippen molar-refractivity contribution < 1.29 is 19.8 Å². The highest BCUT2D eigenvalue weighted by atomic mass is 16.4. The first-order valence-electron chi connectivity index (χ1n) is 5.03. The highest BCUT2D eigenvalue weighted by Gasteiger charge is 2.27. The topological polar surface area (TPSA) is 81.1 Å². The Balaban J connectivity index is 4.58. The van der Waals surface area contributed by atoms with Crippen molar-refractivity contribution in [1.29, 1.82) is 0 Å². The van der Waals surface area contributed by atoms with Gasteiger partial charge in [-0.25, -0.2) is 0 Å². The van der Waals surface area contributed by atoms with Crippen molar-refractivity contribution in [3.05, 3.63) is 0 Å². The summed E-state index contributed by atoms with van der Waals surface area (Å²) in [5.41, 5.74) is 0. The molecule has 0 rings (SSSR count). The van der Waals surface area contributed by atoms with Gasteiger partial charge in [0.15, 0.2) is 0 Å². The van der Waals surface area contributed by atoms with E-state index in [2.05, 4.69) is 0 Å². The fourth-order valence-corrected chi connectivity index (χ4v) is 1.62. The molecule has 0 spiro atoms. The smallest absolute Gasteiger partial charge is 0.307 e. The standard InChI is InChI=1S/C10H20N2O4/c1-11(2)8(12(3)4)5-7(10(15)16)6-9(13)14/h7-8H,5-6H2,1-4H3,(H,13,14)(H,15,16). The minimum absolute atomic E-state index is 0.0829. The molecule has 94 valence electrons. The molecule has 0 aliphatic carbocycles. The van der Waals surface area contributed by atoms with E-state index in [0.29, 0.717) is 6.42 Å². The Labute approximate surface area is 95.5 Å². The number of rotatable bonds is 7. The number of hydrogen-bond donors (Lipinski definition) is 2. The summed E-state index contributed by atoms with van der Waals surface area (Å²) in [5.74, 6) is -2.99. The minimum atomic E-state index is -1.08. The van der Waals surface area contributed by atoms with Gasteiger partial charge in [-0.2, -0.15) is 0 Å². The number of nitrogens with zero attached hydrogens (tertiary/aromatic N) is 2. The lowest BCUT2D eigenvalue weighted by molar-refractivity contribution is -0.149. The van der Waals surface area contributed by atoms with E-state index in [1.807, 2.05) is 38.0 Å². The second-order valence-electron chi connectivity index (χ2n) is 4.28. The van der Waals surface area contributed by atoms with Crippen LogP contribution in [0.2, 0.25) is 0 Å². The molecule has 0 amide bonds. The number of carbonyl (C=O) groups is 2. The number of hydrogen-bond acceptors (Lipinski definition) is 4. The summed E-state index contributed by atoms with van der Waals surface area (Å²) in [6, 6.07) is 0. The first-order valence-corrected chi connectivity index (χ1v) is 5.03. The molecule has 0 aromatic rings. The molecular weight excluding hydrogens is 212 g/mol. The number of carboxylic acids is 2. The maximum atomic E-state index is 10.9. The Morgan fingerprint density at radius 2 is 1.50 bits per heavy atom. The zero-order chi connectivity index (χ0) is 12.9. The van der Waals surface area contributed by atoms with Gasteiger partial charge in [0.05, 0.1) is 18.5 Å². The van der Waals surface area contributed by atoms with Gasteiger partial charge >= 0.3 is 11.9 Å². The predicted octanol–water partition coefficient (Wildman–Crippen LogP) is 0.00130. The van der Waals surface area contributed by atoms with Crippen molar-refractivity contribution in [3.8, 4) is 0 Å². The third kappa shape index (κ3) is 5.09. The maximum absolute atomic E-state index is 10.9. The lowest BCUT2D eigenvalue weighted by Crippen LogP contribution is -2.43. The molecule has 16 heavy (non-hydrogen) atoms. The number of carboxylic acid groups (broad SMARTS) is 2. The molecule has 0 aliphatic rings. The van der Waals surface area contributed by atoms with Gasteiger partial charge in [0.1, 0.15) is 0 Å². The van der Waals surface area contributed by atoms with E-state index in [4.69, 9.17) is 10.2 Å². The van der Waals surface area contributed by atoms with Crippen molar-refractivity contribution in [2.75, 3.05) is 28.2 Å². The Morgan fingerprint density at radius 3 is 1.75 bits per heavy atom. The lowest BCUT2D eigenvalue weighted by Gasteiger charge is -2.32. The molecule has 0 aromatic heterocycles. The van der Waals surface area contributed by atoms with Gasteiger partial charge in [0, 0.05) is 0 Å². The van der Waals surface area contributed by atoms with Crippen molar-refractivity contribution in [3.63, 3.8) is 0 Å². The molecule has 0 saturated heterocycles. The monoisotopic (exact) mass is 232 g/mol. The van der Waals surface area contributed by atoms with Gasteiger partial charge in [-0.3, -0.25) is 19.4 Å². The fourth-order valence-electron chi connectivity index (χ4n) is 1.62. The normalized spacial score (nSPS) is 13.4. The molecule has 6 nitrogen and oxygen atoms in total. The van der Waals surface area contributed by atoms with Crippen LogP contribution in [0.4, 0.5) is 0 Å². The largest absolute Gasteiger partial charge is 0.481 e. The summed E-state index contributed by atoms with van der Waals surface area (Å²) in [7, 11) is 7.35. The zero-order valence-corrected chi connectivity index (χ0v) is 10.2. The van der Waals surface area contributed by atoms with Crippen molar-refractivity contribution in [1.82, 2.24) is 9.80 Å². The Kier molecular flexibility index (Phi) is 5.98. The molecule has 0 bridgehead atoms. The van der Waals surface area contributed by atoms with Crippen LogP contribution >= 0.6 is 0 Å². The molecule has 2 N–H and O–H groups in total. The van der Waals surface area contributed by atoms with Crippen LogP contribution in [0.15, 0.2) is 0 Å². The Hall–Kier alpha value is -1.14. The molecule has 6 heteroatoms. The Morgan fingerprint density at radius 1 is 1.06 bits per heavy atom. The highest BCUT2D eigenvalue weighted by molar-refractivity contribution is 5.77. The van der Waals surface area contributed by atoms with Gasteiger partial charge in [-0.15, -0.1) is 0 Å².